The van der Waals surface area contributed by atoms with Gasteiger partial charge < -0.3 is 0 Å². The van der Waals surface area contributed by atoms with Crippen LogP contribution in [0, 0.1) is 0 Å². The van der Waals surface area contributed by atoms with Crippen LogP contribution < -0.4 is 9.60 Å². The molecule has 0 radical (unpaired) electrons. The molecule has 1 heterocycles. The maximum absolute atomic E-state index is 12.8. The molecular weight excluding hydrogens is 436 g/mol. The van der Waals surface area contributed by atoms with Crippen LogP contribution in [0.5, 0.6) is 0 Å². The van der Waals surface area contributed by atoms with E-state index in [9.17, 15) is 13.2 Å². The van der Waals surface area contributed by atoms with Gasteiger partial charge in [-0.3, -0.25) is 14.1 Å². The van der Waals surface area contributed by atoms with Crippen molar-refractivity contribution in [1.29, 1.82) is 0 Å². The van der Waals surface area contributed by atoms with Gasteiger partial charge in [-0.25, -0.2) is 8.42 Å². The van der Waals surface area contributed by atoms with E-state index in [-0.39, 0.29) is 9.77 Å². The highest BCUT2D eigenvalue weighted by Crippen LogP contribution is 2.25. The maximum atomic E-state index is 12.8. The van der Waals surface area contributed by atoms with Crippen LogP contribution in [0.1, 0.15) is 12.5 Å². The van der Waals surface area contributed by atoms with Gasteiger partial charge in [0.25, 0.3) is 10.0 Å². The third-order valence-corrected chi connectivity index (χ3v) is 8.03. The first-order valence-electron chi connectivity index (χ1n) is 9.39. The lowest BCUT2D eigenvalue weighted by Gasteiger charge is -2.09. The highest BCUT2D eigenvalue weighted by molar-refractivity contribution is 7.98. The second kappa shape index (κ2) is 8.67. The first-order chi connectivity index (χ1) is 14.5. The molecule has 0 amide bonds. The number of hydrogen-bond donors (Lipinski definition) is 1. The summed E-state index contributed by atoms with van der Waals surface area (Å²) in [5.74, 6) is 0.807. The van der Waals surface area contributed by atoms with Gasteiger partial charge in [-0.15, -0.1) is 11.8 Å². The number of anilines is 1. The zero-order valence-electron chi connectivity index (χ0n) is 16.2. The number of sulfonamides is 1. The minimum absolute atomic E-state index is 0.0843. The van der Waals surface area contributed by atoms with Crippen molar-refractivity contribution in [3.63, 3.8) is 0 Å². The average molecular weight is 457 g/mol. The van der Waals surface area contributed by atoms with Crippen molar-refractivity contribution in [2.75, 3.05) is 4.72 Å². The molecule has 30 heavy (non-hydrogen) atoms. The van der Waals surface area contributed by atoms with Gasteiger partial charge in [-0.05, 0) is 55.0 Å². The van der Waals surface area contributed by atoms with Gasteiger partial charge in [0.1, 0.15) is 0 Å². The number of aryl methyl sites for hydroxylation is 1. The Hall–Kier alpha value is -2.55. The van der Waals surface area contributed by atoms with Crippen LogP contribution in [0.25, 0.3) is 10.2 Å². The minimum Gasteiger partial charge on any atom is -0.299 e. The number of hydrogen-bond acceptors (Lipinski definition) is 5. The Morgan fingerprint density at radius 2 is 1.73 bits per heavy atom. The molecule has 0 unspecified atom stereocenters. The van der Waals surface area contributed by atoms with E-state index in [0.29, 0.717) is 16.9 Å². The topological polar surface area (TPSA) is 68.2 Å². The largest absolute Gasteiger partial charge is 0.308 e. The number of benzene rings is 3. The monoisotopic (exact) mass is 456 g/mol. The molecule has 0 saturated heterocycles. The molecule has 154 valence electrons. The summed E-state index contributed by atoms with van der Waals surface area (Å²) in [7, 11) is -3.74. The number of nitrogens with zero attached hydrogens (tertiary/aromatic N) is 1. The zero-order valence-corrected chi connectivity index (χ0v) is 18.7. The van der Waals surface area contributed by atoms with Crippen molar-refractivity contribution in [2.45, 2.75) is 29.0 Å². The lowest BCUT2D eigenvalue weighted by Crippen LogP contribution is -2.13. The van der Waals surface area contributed by atoms with Crippen LogP contribution in [0.4, 0.5) is 5.69 Å². The van der Waals surface area contributed by atoms with E-state index in [1.807, 2.05) is 37.3 Å². The van der Waals surface area contributed by atoms with Gasteiger partial charge in [0, 0.05) is 22.9 Å². The molecule has 1 N–H and O–H groups in total. The molecule has 0 aliphatic carbocycles. The fourth-order valence-corrected chi connectivity index (χ4v) is 6.11. The summed E-state index contributed by atoms with van der Waals surface area (Å²) in [5.41, 5.74) is 2.37. The van der Waals surface area contributed by atoms with Gasteiger partial charge in [0.05, 0.1) is 15.1 Å². The Morgan fingerprint density at radius 1 is 1.00 bits per heavy atom. The Labute approximate surface area is 183 Å². The van der Waals surface area contributed by atoms with Gasteiger partial charge >= 0.3 is 4.87 Å². The molecule has 5 nitrogen and oxygen atoms in total. The van der Waals surface area contributed by atoms with Crippen molar-refractivity contribution in [3.05, 3.63) is 88.0 Å². The van der Waals surface area contributed by atoms with E-state index >= 15 is 0 Å². The molecule has 0 aliphatic heterocycles. The molecule has 0 fully saturated rings. The van der Waals surface area contributed by atoms with Crippen LogP contribution in [-0.2, 0) is 22.3 Å². The quantitative estimate of drug-likeness (QED) is 0.389. The van der Waals surface area contributed by atoms with E-state index in [1.165, 1.54) is 11.0 Å². The predicted molar refractivity (Wildman–Crippen MR) is 125 cm³/mol. The van der Waals surface area contributed by atoms with Crippen LogP contribution >= 0.6 is 23.1 Å². The van der Waals surface area contributed by atoms with E-state index in [2.05, 4.69) is 16.9 Å². The van der Waals surface area contributed by atoms with E-state index in [4.69, 9.17) is 0 Å². The summed E-state index contributed by atoms with van der Waals surface area (Å²) in [6, 6.07) is 22.3. The number of fused-ring (bicyclic) bond motifs is 1. The second-order valence-electron chi connectivity index (χ2n) is 6.65. The van der Waals surface area contributed by atoms with E-state index < -0.39 is 10.0 Å². The Balaban J connectivity index is 1.49. The highest BCUT2D eigenvalue weighted by atomic mass is 32.2. The number of rotatable bonds is 7. The summed E-state index contributed by atoms with van der Waals surface area (Å²) in [5, 5.41) is 0. The lowest BCUT2D eigenvalue weighted by molar-refractivity contribution is 0.601. The van der Waals surface area contributed by atoms with E-state index in [1.54, 1.807) is 40.6 Å². The Kier molecular flexibility index (Phi) is 5.99. The van der Waals surface area contributed by atoms with Crippen molar-refractivity contribution in [2.24, 2.45) is 0 Å². The average Bonchev–Trinajstić information content (AvgIpc) is 3.08. The van der Waals surface area contributed by atoms with Crippen molar-refractivity contribution in [3.8, 4) is 0 Å². The molecular formula is C22H20N2O3S3. The van der Waals surface area contributed by atoms with Crippen molar-refractivity contribution in [1.82, 2.24) is 4.57 Å². The van der Waals surface area contributed by atoms with Gasteiger partial charge in [-0.1, -0.05) is 41.7 Å². The normalized spacial score (nSPS) is 11.6. The first-order valence-corrected chi connectivity index (χ1v) is 12.7. The lowest BCUT2D eigenvalue weighted by atomic mass is 10.2. The van der Waals surface area contributed by atoms with E-state index in [0.717, 1.165) is 28.2 Å². The molecule has 1 aromatic heterocycles. The standard InChI is InChI=1S/C22H20N2O3S3/c1-2-24-20-13-12-19(14-21(20)29-22(24)25)30(26,27)23-17-10-8-16(9-11-17)15-28-18-6-4-3-5-7-18/h3-14,23H,2,15H2,1H3. The van der Waals surface area contributed by atoms with Crippen LogP contribution in [0.2, 0.25) is 0 Å². The third kappa shape index (κ3) is 4.45. The predicted octanol–water partition coefficient (Wildman–Crippen LogP) is 5.18. The summed E-state index contributed by atoms with van der Waals surface area (Å²) in [6.07, 6.45) is 0. The summed E-state index contributed by atoms with van der Waals surface area (Å²) < 4.78 is 30.5. The smallest absolute Gasteiger partial charge is 0.299 e. The number of thioether (sulfide) groups is 1. The molecule has 0 atom stereocenters. The van der Waals surface area contributed by atoms with Gasteiger partial charge in [0.2, 0.25) is 0 Å². The molecule has 4 aromatic rings. The SMILES string of the molecule is CCn1c(=O)sc2cc(S(=O)(=O)Nc3ccc(CSc4ccccc4)cc3)ccc21. The minimum atomic E-state index is -3.74. The van der Waals surface area contributed by atoms with Crippen LogP contribution in [-0.4, -0.2) is 13.0 Å². The summed E-state index contributed by atoms with van der Waals surface area (Å²) in [6.45, 7) is 2.44. The van der Waals surface area contributed by atoms with Crippen molar-refractivity contribution >= 4 is 49.0 Å². The van der Waals surface area contributed by atoms with Crippen molar-refractivity contribution < 1.29 is 8.42 Å². The number of nitrogens with one attached hydrogen (secondary N) is 1. The van der Waals surface area contributed by atoms with Gasteiger partial charge in [0.15, 0.2) is 0 Å². The van der Waals surface area contributed by atoms with Gasteiger partial charge in [-0.2, -0.15) is 0 Å². The second-order valence-corrected chi connectivity index (χ2v) is 10.4. The molecule has 4 rings (SSSR count). The first kappa shape index (κ1) is 20.7. The summed E-state index contributed by atoms with van der Waals surface area (Å²) >= 11 is 2.79. The molecule has 0 spiro atoms. The number of thiazole rings is 1. The summed E-state index contributed by atoms with van der Waals surface area (Å²) in [4.78, 5) is 13.3. The fraction of sp³-hybridized carbons (Fsp3) is 0.136. The Morgan fingerprint density at radius 3 is 2.43 bits per heavy atom. The zero-order chi connectivity index (χ0) is 21.1. The Bertz CT molecular complexity index is 1330. The molecule has 0 bridgehead atoms. The maximum Gasteiger partial charge on any atom is 0.308 e. The van der Waals surface area contributed by atoms with Crippen LogP contribution in [0.3, 0.4) is 0 Å². The molecule has 3 aromatic carbocycles. The third-order valence-electron chi connectivity index (χ3n) is 4.62. The molecule has 0 aliphatic rings. The molecule has 0 saturated carbocycles. The van der Waals surface area contributed by atoms with Crippen LogP contribution in [0.15, 0.2) is 87.4 Å². The molecule has 8 heteroatoms. The highest BCUT2D eigenvalue weighted by Gasteiger charge is 2.17. The number of aromatic nitrogens is 1. The fourth-order valence-electron chi connectivity index (χ4n) is 3.08.